The Morgan fingerprint density at radius 1 is 1.00 bits per heavy atom. The molecule has 0 saturated carbocycles. The van der Waals surface area contributed by atoms with E-state index in [-0.39, 0.29) is 6.79 Å². The number of para-hydroxylation sites is 1. The summed E-state index contributed by atoms with van der Waals surface area (Å²) in [6, 6.07) is 16.1. The number of fused-ring (bicyclic) bond motifs is 1. The lowest BCUT2D eigenvalue weighted by molar-refractivity contribution is 0.174. The molecular formula is C21H22N4O2. The maximum absolute atomic E-state index is 5.43. The number of ether oxygens (including phenoxy) is 2. The van der Waals surface area contributed by atoms with Gasteiger partial charge in [-0.25, -0.2) is 4.98 Å². The van der Waals surface area contributed by atoms with Gasteiger partial charge in [0.15, 0.2) is 11.5 Å². The second kappa shape index (κ2) is 7.53. The molecule has 0 unspecified atom stereocenters. The van der Waals surface area contributed by atoms with Gasteiger partial charge in [-0.2, -0.15) is 4.98 Å². The summed E-state index contributed by atoms with van der Waals surface area (Å²) in [5, 5.41) is 6.70. The molecular weight excluding hydrogens is 340 g/mol. The molecule has 2 aromatic carbocycles. The Morgan fingerprint density at radius 2 is 1.85 bits per heavy atom. The number of anilines is 3. The first kappa shape index (κ1) is 17.1. The predicted molar refractivity (Wildman–Crippen MR) is 106 cm³/mol. The van der Waals surface area contributed by atoms with Crippen LogP contribution in [-0.4, -0.2) is 16.8 Å². The third-order valence-corrected chi connectivity index (χ3v) is 4.40. The van der Waals surface area contributed by atoms with Crippen LogP contribution in [0.2, 0.25) is 0 Å². The van der Waals surface area contributed by atoms with Gasteiger partial charge in [0.05, 0.1) is 0 Å². The number of benzene rings is 2. The molecule has 27 heavy (non-hydrogen) atoms. The van der Waals surface area contributed by atoms with Crippen molar-refractivity contribution in [1.29, 1.82) is 0 Å². The Kier molecular flexibility index (Phi) is 4.78. The highest BCUT2D eigenvalue weighted by atomic mass is 16.7. The minimum absolute atomic E-state index is 0.279. The van der Waals surface area contributed by atoms with Crippen molar-refractivity contribution in [2.45, 2.75) is 26.8 Å². The zero-order valence-corrected chi connectivity index (χ0v) is 15.5. The molecule has 0 amide bonds. The van der Waals surface area contributed by atoms with Crippen molar-refractivity contribution in [2.75, 3.05) is 17.4 Å². The van der Waals surface area contributed by atoms with Crippen LogP contribution in [0.25, 0.3) is 0 Å². The molecule has 2 N–H and O–H groups in total. The van der Waals surface area contributed by atoms with E-state index in [1.807, 2.05) is 43.3 Å². The fraction of sp³-hybridized carbons (Fsp3) is 0.238. The average Bonchev–Trinajstić information content (AvgIpc) is 3.14. The summed E-state index contributed by atoms with van der Waals surface area (Å²) in [5.41, 5.74) is 4.30. The predicted octanol–water partition coefficient (Wildman–Crippen LogP) is 4.43. The van der Waals surface area contributed by atoms with Crippen molar-refractivity contribution >= 4 is 17.5 Å². The number of rotatable bonds is 6. The van der Waals surface area contributed by atoms with Crippen LogP contribution >= 0.6 is 0 Å². The smallest absolute Gasteiger partial charge is 0.231 e. The van der Waals surface area contributed by atoms with E-state index in [4.69, 9.17) is 9.47 Å². The number of aryl methyl sites for hydroxylation is 2. The van der Waals surface area contributed by atoms with Crippen molar-refractivity contribution in [1.82, 2.24) is 9.97 Å². The van der Waals surface area contributed by atoms with Crippen LogP contribution in [0.1, 0.15) is 23.7 Å². The topological polar surface area (TPSA) is 68.3 Å². The lowest BCUT2D eigenvalue weighted by Gasteiger charge is -2.12. The quantitative estimate of drug-likeness (QED) is 0.676. The Morgan fingerprint density at radius 3 is 2.74 bits per heavy atom. The number of hydrogen-bond acceptors (Lipinski definition) is 6. The molecule has 0 spiro atoms. The van der Waals surface area contributed by atoms with Crippen LogP contribution in [0.5, 0.6) is 11.5 Å². The molecule has 0 bridgehead atoms. The van der Waals surface area contributed by atoms with Crippen molar-refractivity contribution in [2.24, 2.45) is 0 Å². The van der Waals surface area contributed by atoms with Crippen molar-refractivity contribution in [3.8, 4) is 11.5 Å². The van der Waals surface area contributed by atoms with Gasteiger partial charge in [-0.1, -0.05) is 31.2 Å². The monoisotopic (exact) mass is 362 g/mol. The Hall–Kier alpha value is -3.28. The number of nitrogens with zero attached hydrogens (tertiary/aromatic N) is 2. The Balaban J connectivity index is 1.49. The van der Waals surface area contributed by atoms with E-state index in [2.05, 4.69) is 39.7 Å². The molecule has 0 saturated heterocycles. The number of nitrogens with one attached hydrogen (secondary N) is 2. The first-order chi connectivity index (χ1) is 13.2. The standard InChI is InChI=1S/C21H22N4O2/c1-3-16-6-4-5-7-17(16)24-20-10-14(2)23-21(25-20)22-12-15-8-9-18-19(11-15)27-13-26-18/h4-11H,3,12-13H2,1-2H3,(H2,22,23,24,25). The second-order valence-electron chi connectivity index (χ2n) is 6.40. The normalized spacial score (nSPS) is 12.1. The molecule has 138 valence electrons. The summed E-state index contributed by atoms with van der Waals surface area (Å²) >= 11 is 0. The summed E-state index contributed by atoms with van der Waals surface area (Å²) < 4.78 is 10.8. The highest BCUT2D eigenvalue weighted by molar-refractivity contribution is 5.61. The van der Waals surface area contributed by atoms with E-state index in [1.54, 1.807) is 0 Å². The van der Waals surface area contributed by atoms with E-state index >= 15 is 0 Å². The van der Waals surface area contributed by atoms with Gasteiger partial charge in [0.2, 0.25) is 12.7 Å². The van der Waals surface area contributed by atoms with Crippen molar-refractivity contribution < 1.29 is 9.47 Å². The van der Waals surface area contributed by atoms with E-state index in [9.17, 15) is 0 Å². The van der Waals surface area contributed by atoms with Crippen LogP contribution in [0.15, 0.2) is 48.5 Å². The highest BCUT2D eigenvalue weighted by Gasteiger charge is 2.13. The fourth-order valence-corrected chi connectivity index (χ4v) is 3.03. The molecule has 2 heterocycles. The van der Waals surface area contributed by atoms with E-state index in [1.165, 1.54) is 5.56 Å². The number of aromatic nitrogens is 2. The summed E-state index contributed by atoms with van der Waals surface area (Å²) in [6.07, 6.45) is 0.961. The van der Waals surface area contributed by atoms with Gasteiger partial charge in [0.1, 0.15) is 5.82 Å². The second-order valence-corrected chi connectivity index (χ2v) is 6.40. The number of hydrogen-bond donors (Lipinski definition) is 2. The zero-order valence-electron chi connectivity index (χ0n) is 15.5. The average molecular weight is 362 g/mol. The minimum atomic E-state index is 0.279. The summed E-state index contributed by atoms with van der Waals surface area (Å²) in [7, 11) is 0. The van der Waals surface area contributed by atoms with Crippen molar-refractivity contribution in [3.63, 3.8) is 0 Å². The third-order valence-electron chi connectivity index (χ3n) is 4.40. The van der Waals surface area contributed by atoms with Gasteiger partial charge in [-0.15, -0.1) is 0 Å². The van der Waals surface area contributed by atoms with Gasteiger partial charge in [0.25, 0.3) is 0 Å². The van der Waals surface area contributed by atoms with Crippen LogP contribution in [0.4, 0.5) is 17.5 Å². The van der Waals surface area contributed by atoms with E-state index in [0.717, 1.165) is 40.7 Å². The molecule has 0 fully saturated rings. The van der Waals surface area contributed by atoms with Crippen molar-refractivity contribution in [3.05, 3.63) is 65.4 Å². The molecule has 1 aliphatic rings. The molecule has 6 heteroatoms. The van der Waals surface area contributed by atoms with Crippen LogP contribution in [0.3, 0.4) is 0 Å². The SMILES string of the molecule is CCc1ccccc1Nc1cc(C)nc(NCc2ccc3c(c2)OCO3)n1. The maximum atomic E-state index is 5.43. The molecule has 0 aliphatic carbocycles. The molecule has 4 rings (SSSR count). The molecule has 6 nitrogen and oxygen atoms in total. The maximum Gasteiger partial charge on any atom is 0.231 e. The first-order valence-corrected chi connectivity index (χ1v) is 9.04. The van der Waals surface area contributed by atoms with E-state index in [0.29, 0.717) is 12.5 Å². The van der Waals surface area contributed by atoms with Gasteiger partial charge in [0, 0.05) is 24.0 Å². The lowest BCUT2D eigenvalue weighted by Crippen LogP contribution is -2.07. The van der Waals surface area contributed by atoms with Crippen LogP contribution in [0, 0.1) is 6.92 Å². The molecule has 0 radical (unpaired) electrons. The molecule has 1 aromatic heterocycles. The fourth-order valence-electron chi connectivity index (χ4n) is 3.03. The highest BCUT2D eigenvalue weighted by Crippen LogP contribution is 2.32. The molecule has 1 aliphatic heterocycles. The van der Waals surface area contributed by atoms with Crippen LogP contribution in [-0.2, 0) is 13.0 Å². The van der Waals surface area contributed by atoms with Gasteiger partial charge in [-0.3, -0.25) is 0 Å². The third kappa shape index (κ3) is 3.95. The zero-order chi connectivity index (χ0) is 18.6. The first-order valence-electron chi connectivity index (χ1n) is 9.04. The van der Waals surface area contributed by atoms with Gasteiger partial charge < -0.3 is 20.1 Å². The molecule has 3 aromatic rings. The van der Waals surface area contributed by atoms with Crippen LogP contribution < -0.4 is 20.1 Å². The Labute approximate surface area is 158 Å². The Bertz CT molecular complexity index is 959. The van der Waals surface area contributed by atoms with Gasteiger partial charge in [-0.05, 0) is 42.7 Å². The minimum Gasteiger partial charge on any atom is -0.454 e. The van der Waals surface area contributed by atoms with E-state index < -0.39 is 0 Å². The molecule has 0 atom stereocenters. The lowest BCUT2D eigenvalue weighted by atomic mass is 10.1. The largest absolute Gasteiger partial charge is 0.454 e. The summed E-state index contributed by atoms with van der Waals surface area (Å²) in [4.78, 5) is 9.09. The summed E-state index contributed by atoms with van der Waals surface area (Å²) in [6.45, 7) is 4.99. The summed E-state index contributed by atoms with van der Waals surface area (Å²) in [5.74, 6) is 2.92. The van der Waals surface area contributed by atoms with Gasteiger partial charge >= 0.3 is 0 Å².